The van der Waals surface area contributed by atoms with E-state index in [4.69, 9.17) is 0 Å². The first-order valence-corrected chi connectivity index (χ1v) is 20.9. The van der Waals surface area contributed by atoms with Crippen molar-refractivity contribution in [2.75, 3.05) is 29.5 Å². The van der Waals surface area contributed by atoms with Gasteiger partial charge in [0.1, 0.15) is 6.54 Å². The zero-order chi connectivity index (χ0) is 37.3. The Labute approximate surface area is 303 Å². The number of rotatable bonds is 12. The number of carbonyl (C=O) groups is 2. The number of aromatic carboxylic acids is 2. The standard InChI is InChI=1S/C35H36N2O10S4/c1-34(2)24-18-22(32(38)39)30-20(10-14-48-30)28(24)36(12-6-16-50(42,43)44)26(34)8-5-9-27-35(3,4)25-19-23(33(40)41)31-21(11-15-49-31)29(25)37(27)13-7-17-51(45,46)47/h5,8-11,14-15,18-19H,6-7,12-13,16-17H2,1-4H3,(H3-,38,39,40,41,42,43,44,45,46,47). The molecular weight excluding hydrogens is 737 g/mol. The Morgan fingerprint density at radius 2 is 1.47 bits per heavy atom. The maximum Gasteiger partial charge on any atom is 0.337 e. The molecule has 12 nitrogen and oxygen atoms in total. The molecule has 270 valence electrons. The molecule has 2 aromatic heterocycles. The molecule has 0 aliphatic carbocycles. The smallest absolute Gasteiger partial charge is 0.337 e. The first kappa shape index (κ1) is 36.8. The van der Waals surface area contributed by atoms with Gasteiger partial charge in [-0.15, -0.1) is 22.7 Å². The van der Waals surface area contributed by atoms with Gasteiger partial charge in [0.15, 0.2) is 5.71 Å². The maximum atomic E-state index is 12.3. The lowest BCUT2D eigenvalue weighted by Gasteiger charge is -2.27. The van der Waals surface area contributed by atoms with Crippen LogP contribution in [0.3, 0.4) is 0 Å². The molecule has 3 N–H and O–H groups in total. The molecule has 0 spiro atoms. The molecule has 2 aliphatic rings. The van der Waals surface area contributed by atoms with E-state index in [1.54, 1.807) is 17.5 Å². The molecule has 0 unspecified atom stereocenters. The monoisotopic (exact) mass is 772 g/mol. The van der Waals surface area contributed by atoms with Crippen LogP contribution < -0.4 is 4.90 Å². The van der Waals surface area contributed by atoms with Gasteiger partial charge in [0.2, 0.25) is 5.69 Å². The lowest BCUT2D eigenvalue weighted by molar-refractivity contribution is -0.435. The summed E-state index contributed by atoms with van der Waals surface area (Å²) in [6, 6.07) is 7.01. The van der Waals surface area contributed by atoms with Gasteiger partial charge in [0, 0.05) is 46.9 Å². The van der Waals surface area contributed by atoms with E-state index in [0.29, 0.717) is 14.8 Å². The van der Waals surface area contributed by atoms with Gasteiger partial charge in [0.25, 0.3) is 10.1 Å². The molecular formula is C35H36N2O10S4. The lowest BCUT2D eigenvalue weighted by Crippen LogP contribution is -2.29. The van der Waals surface area contributed by atoms with Crippen molar-refractivity contribution in [3.63, 3.8) is 0 Å². The van der Waals surface area contributed by atoms with Crippen molar-refractivity contribution in [1.82, 2.24) is 0 Å². The first-order valence-electron chi connectivity index (χ1n) is 16.0. The van der Waals surface area contributed by atoms with Crippen LogP contribution in [-0.2, 0) is 31.1 Å². The van der Waals surface area contributed by atoms with Crippen LogP contribution in [0.2, 0.25) is 0 Å². The predicted molar refractivity (Wildman–Crippen MR) is 198 cm³/mol. The number of allylic oxidation sites excluding steroid dienone is 4. The third kappa shape index (κ3) is 6.64. The second kappa shape index (κ2) is 12.9. The lowest BCUT2D eigenvalue weighted by atomic mass is 9.80. The second-order valence-electron chi connectivity index (χ2n) is 13.7. The molecule has 4 aromatic rings. The second-order valence-corrected chi connectivity index (χ2v) is 18.6. The summed E-state index contributed by atoms with van der Waals surface area (Å²) in [5.74, 6) is -3.16. The Morgan fingerprint density at radius 1 is 0.882 bits per heavy atom. The minimum absolute atomic E-state index is 0.0402. The predicted octanol–water partition coefficient (Wildman–Crippen LogP) is 6.34. The zero-order valence-electron chi connectivity index (χ0n) is 28.2. The highest BCUT2D eigenvalue weighted by molar-refractivity contribution is 7.85. The van der Waals surface area contributed by atoms with Crippen LogP contribution in [0.15, 0.2) is 59.0 Å². The van der Waals surface area contributed by atoms with E-state index in [2.05, 4.69) is 0 Å². The third-order valence-corrected chi connectivity index (χ3v) is 13.2. The fourth-order valence-electron chi connectivity index (χ4n) is 7.40. The minimum atomic E-state index is -4.48. The van der Waals surface area contributed by atoms with Crippen LogP contribution in [-0.4, -0.2) is 83.0 Å². The molecule has 6 rings (SSSR count). The molecule has 2 aliphatic heterocycles. The number of carboxylic acids is 2. The molecule has 51 heavy (non-hydrogen) atoms. The number of hydrogen-bond donors (Lipinski definition) is 3. The van der Waals surface area contributed by atoms with Gasteiger partial charge in [0.05, 0.1) is 52.9 Å². The molecule has 0 bridgehead atoms. The van der Waals surface area contributed by atoms with Crippen molar-refractivity contribution in [1.29, 1.82) is 0 Å². The van der Waals surface area contributed by atoms with Gasteiger partial charge in [-0.25, -0.2) is 18.0 Å². The summed E-state index contributed by atoms with van der Waals surface area (Å²) in [5, 5.41) is 25.2. The summed E-state index contributed by atoms with van der Waals surface area (Å²) < 4.78 is 70.6. The van der Waals surface area contributed by atoms with Crippen molar-refractivity contribution in [3.8, 4) is 0 Å². The average molecular weight is 773 g/mol. The third-order valence-electron chi connectivity index (χ3n) is 9.70. The van der Waals surface area contributed by atoms with Gasteiger partial charge in [-0.3, -0.25) is 4.55 Å². The van der Waals surface area contributed by atoms with E-state index in [1.807, 2.05) is 72.9 Å². The van der Waals surface area contributed by atoms with Gasteiger partial charge in [-0.05, 0) is 66.9 Å². The topological polar surface area (TPSA) is 192 Å². The maximum absolute atomic E-state index is 12.3. The van der Waals surface area contributed by atoms with Crippen molar-refractivity contribution >= 4 is 92.1 Å². The summed E-state index contributed by atoms with van der Waals surface area (Å²) in [6.07, 6.45) is 5.71. The van der Waals surface area contributed by atoms with Crippen LogP contribution in [0.5, 0.6) is 0 Å². The number of nitrogens with zero attached hydrogens (tertiary/aromatic N) is 2. The Hall–Kier alpha value is -3.93. The number of carboxylic acid groups (broad SMARTS) is 2. The van der Waals surface area contributed by atoms with Crippen LogP contribution in [0, 0.1) is 0 Å². The van der Waals surface area contributed by atoms with E-state index in [-0.39, 0.29) is 37.1 Å². The normalized spacial score (nSPS) is 17.7. The Kier molecular flexibility index (Phi) is 9.34. The number of hydrogen-bond acceptors (Lipinski definition) is 10. The number of anilines is 1. The molecule has 0 saturated carbocycles. The molecule has 0 radical (unpaired) electrons. The first-order chi connectivity index (χ1) is 23.7. The summed E-state index contributed by atoms with van der Waals surface area (Å²) in [4.78, 5) is 26.6. The number of fused-ring (bicyclic) bond motifs is 6. The van der Waals surface area contributed by atoms with E-state index < -0.39 is 54.5 Å². The van der Waals surface area contributed by atoms with Crippen molar-refractivity contribution in [2.45, 2.75) is 51.4 Å². The van der Waals surface area contributed by atoms with Gasteiger partial charge < -0.3 is 19.7 Å². The summed E-state index contributed by atoms with van der Waals surface area (Å²) >= 11 is 2.60. The Balaban J connectivity index is 1.50. The summed E-state index contributed by atoms with van der Waals surface area (Å²) in [7, 11) is -8.72. The molecule has 0 saturated heterocycles. The fraction of sp³-hybridized carbons (Fsp3) is 0.343. The SMILES string of the molecule is CC1(C)C(/C=C/C=C2/N(CCCS(=O)(=O)O)c3c(cc(C(=O)O)c4sccc34)C2(C)C)=[N+](CCCS(=O)(=O)[O-])c2c1cc(C(=O)O)c1sccc21. The van der Waals surface area contributed by atoms with Crippen LogP contribution >= 0.6 is 22.7 Å². The van der Waals surface area contributed by atoms with E-state index in [9.17, 15) is 45.7 Å². The fourth-order valence-corrected chi connectivity index (χ4v) is 10.2. The average Bonchev–Trinajstić information content (AvgIpc) is 3.77. The van der Waals surface area contributed by atoms with Crippen LogP contribution in [0.1, 0.15) is 72.4 Å². The van der Waals surface area contributed by atoms with Gasteiger partial charge >= 0.3 is 11.9 Å². The Bertz CT molecular complexity index is 2450. The molecule has 0 atom stereocenters. The number of thiophene rings is 2. The molecule has 0 amide bonds. The van der Waals surface area contributed by atoms with E-state index >= 15 is 0 Å². The van der Waals surface area contributed by atoms with Crippen LogP contribution in [0.4, 0.5) is 11.4 Å². The number of benzene rings is 2. The quantitative estimate of drug-likeness (QED) is 0.108. The highest BCUT2D eigenvalue weighted by Crippen LogP contribution is 2.53. The van der Waals surface area contributed by atoms with Gasteiger partial charge in [-0.1, -0.05) is 19.9 Å². The van der Waals surface area contributed by atoms with Crippen molar-refractivity contribution < 1.29 is 50.3 Å². The summed E-state index contributed by atoms with van der Waals surface area (Å²) in [6.45, 7) is 8.20. The highest BCUT2D eigenvalue weighted by atomic mass is 32.2. The van der Waals surface area contributed by atoms with E-state index in [1.165, 1.54) is 22.7 Å². The van der Waals surface area contributed by atoms with Crippen molar-refractivity contribution in [3.05, 3.63) is 81.2 Å². The van der Waals surface area contributed by atoms with Crippen LogP contribution in [0.25, 0.3) is 20.2 Å². The molecule has 0 fully saturated rings. The molecule has 2 aromatic carbocycles. The van der Waals surface area contributed by atoms with Crippen molar-refractivity contribution in [2.24, 2.45) is 0 Å². The summed E-state index contributed by atoms with van der Waals surface area (Å²) in [5.41, 5.74) is 3.34. The molecule has 16 heteroatoms. The minimum Gasteiger partial charge on any atom is -0.748 e. The zero-order valence-corrected chi connectivity index (χ0v) is 31.4. The molecule has 4 heterocycles. The van der Waals surface area contributed by atoms with E-state index in [0.717, 1.165) is 39.3 Å². The largest absolute Gasteiger partial charge is 0.748 e. The highest BCUT2D eigenvalue weighted by Gasteiger charge is 2.47. The van der Waals surface area contributed by atoms with Gasteiger partial charge in [-0.2, -0.15) is 13.0 Å². The Morgan fingerprint density at radius 3 is 2.06 bits per heavy atom.